The van der Waals surface area contributed by atoms with E-state index in [4.69, 9.17) is 0 Å². The Morgan fingerprint density at radius 2 is 0.868 bits per heavy atom. The number of hydrogen-bond donors (Lipinski definition) is 0. The summed E-state index contributed by atoms with van der Waals surface area (Å²) in [7, 11) is 0. The summed E-state index contributed by atoms with van der Waals surface area (Å²) < 4.78 is 0. The highest BCUT2D eigenvalue weighted by molar-refractivity contribution is 6.24. The summed E-state index contributed by atoms with van der Waals surface area (Å²) in [6.45, 7) is 0. The number of rotatable bonds is 8. The third-order valence-electron chi connectivity index (χ3n) is 14.3. The standard InChI is InChI=1S/C66H48N2/c1-5-19-51(20-6-1)67(52-21-7-2-8-22-52)55-35-39-61-63(43-55)65(49-33-37-59-47(41-49)31-29-45-17-13-15-27-57(45)59)62-40-36-56(68(53-23-9-3-10-24-53)54-25-11-4-12-26-54)44-64(62)66(61)50-34-38-60-48(42-50)32-30-46-18-14-16-28-58(46)60/h1-11,13-23,25,27-44,53H,12,24,26H2. The third-order valence-corrected chi connectivity index (χ3v) is 14.3. The molecule has 11 aromatic carbocycles. The number of para-hydroxylation sites is 2. The van der Waals surface area contributed by atoms with Gasteiger partial charge in [-0.1, -0.05) is 182 Å². The van der Waals surface area contributed by atoms with Crippen molar-refractivity contribution in [2.45, 2.75) is 25.3 Å². The number of anilines is 4. The Kier molecular flexibility index (Phi) is 9.83. The summed E-state index contributed by atoms with van der Waals surface area (Å²) in [6.07, 6.45) is 18.9. The van der Waals surface area contributed by atoms with Crippen molar-refractivity contribution >= 4 is 87.4 Å². The third kappa shape index (κ3) is 6.88. The van der Waals surface area contributed by atoms with E-state index < -0.39 is 0 Å². The summed E-state index contributed by atoms with van der Waals surface area (Å²) >= 11 is 0. The molecule has 0 amide bonds. The predicted molar refractivity (Wildman–Crippen MR) is 293 cm³/mol. The second-order valence-corrected chi connectivity index (χ2v) is 18.3. The lowest BCUT2D eigenvalue weighted by Gasteiger charge is -2.35. The molecule has 2 nitrogen and oxygen atoms in total. The van der Waals surface area contributed by atoms with Gasteiger partial charge in [-0.25, -0.2) is 0 Å². The fourth-order valence-electron chi connectivity index (χ4n) is 11.2. The molecule has 0 aromatic heterocycles. The van der Waals surface area contributed by atoms with Crippen LogP contribution < -0.4 is 9.80 Å². The van der Waals surface area contributed by atoms with E-state index in [1.165, 1.54) is 98.3 Å². The molecule has 0 fully saturated rings. The number of nitrogens with zero attached hydrogens (tertiary/aromatic N) is 2. The van der Waals surface area contributed by atoms with Gasteiger partial charge in [0.05, 0.1) is 6.04 Å². The molecule has 1 unspecified atom stereocenters. The van der Waals surface area contributed by atoms with E-state index in [1.54, 1.807) is 0 Å². The van der Waals surface area contributed by atoms with Crippen LogP contribution in [-0.4, -0.2) is 6.04 Å². The number of allylic oxidation sites excluding steroid dienone is 6. The Bertz CT molecular complexity index is 3850. The van der Waals surface area contributed by atoms with Gasteiger partial charge < -0.3 is 9.80 Å². The first-order valence-corrected chi connectivity index (χ1v) is 24.0. The van der Waals surface area contributed by atoms with Crippen LogP contribution in [0.3, 0.4) is 0 Å². The van der Waals surface area contributed by atoms with Gasteiger partial charge in [0.15, 0.2) is 0 Å². The van der Waals surface area contributed by atoms with Gasteiger partial charge in [0.2, 0.25) is 0 Å². The van der Waals surface area contributed by atoms with Gasteiger partial charge >= 0.3 is 0 Å². The second-order valence-electron chi connectivity index (χ2n) is 18.3. The minimum atomic E-state index is 0.215. The van der Waals surface area contributed by atoms with Gasteiger partial charge in [-0.05, 0) is 173 Å². The average Bonchev–Trinajstić information content (AvgIpc) is 3.41. The van der Waals surface area contributed by atoms with Crippen LogP contribution in [0.5, 0.6) is 0 Å². The predicted octanol–water partition coefficient (Wildman–Crippen LogP) is 18.3. The maximum absolute atomic E-state index is 2.60. The lowest BCUT2D eigenvalue weighted by molar-refractivity contribution is 0.721. The Morgan fingerprint density at radius 3 is 1.43 bits per heavy atom. The maximum Gasteiger partial charge on any atom is 0.0556 e. The van der Waals surface area contributed by atoms with Crippen LogP contribution in [0.4, 0.5) is 22.7 Å². The summed E-state index contributed by atoms with van der Waals surface area (Å²) in [5.41, 5.74) is 10.8. The molecule has 0 spiro atoms. The first-order chi connectivity index (χ1) is 33.7. The van der Waals surface area contributed by atoms with Crippen LogP contribution in [0, 0.1) is 0 Å². The van der Waals surface area contributed by atoms with Crippen molar-refractivity contribution in [2.24, 2.45) is 0 Å². The zero-order valence-electron chi connectivity index (χ0n) is 37.8. The second kappa shape index (κ2) is 16.8. The van der Waals surface area contributed by atoms with Gasteiger partial charge in [-0.2, -0.15) is 0 Å². The van der Waals surface area contributed by atoms with Gasteiger partial charge in [-0.15, -0.1) is 0 Å². The molecule has 0 aliphatic heterocycles. The van der Waals surface area contributed by atoms with E-state index in [-0.39, 0.29) is 6.04 Å². The highest BCUT2D eigenvalue weighted by atomic mass is 15.2. The van der Waals surface area contributed by atoms with Crippen molar-refractivity contribution in [3.8, 4) is 22.3 Å². The minimum Gasteiger partial charge on any atom is -0.338 e. The Morgan fingerprint density at radius 1 is 0.353 bits per heavy atom. The van der Waals surface area contributed by atoms with E-state index in [9.17, 15) is 0 Å². The molecular formula is C66H48N2. The molecule has 2 heteroatoms. The summed E-state index contributed by atoms with van der Waals surface area (Å²) in [6, 6.07) is 77.1. The molecule has 13 rings (SSSR count). The molecule has 0 saturated carbocycles. The van der Waals surface area contributed by atoms with E-state index >= 15 is 0 Å². The smallest absolute Gasteiger partial charge is 0.0556 e. The highest BCUT2D eigenvalue weighted by Gasteiger charge is 2.25. The van der Waals surface area contributed by atoms with Crippen LogP contribution in [0.2, 0.25) is 0 Å². The summed E-state index contributed by atoms with van der Waals surface area (Å²) in [5.74, 6) is 0. The Hall–Kier alpha value is -8.46. The zero-order valence-corrected chi connectivity index (χ0v) is 37.8. The van der Waals surface area contributed by atoms with Gasteiger partial charge in [0.25, 0.3) is 0 Å². The van der Waals surface area contributed by atoms with E-state index in [2.05, 4.69) is 259 Å². The molecule has 322 valence electrons. The van der Waals surface area contributed by atoms with Crippen molar-refractivity contribution < 1.29 is 0 Å². The highest BCUT2D eigenvalue weighted by Crippen LogP contribution is 2.49. The molecule has 68 heavy (non-hydrogen) atoms. The lowest BCUT2D eigenvalue weighted by Crippen LogP contribution is -2.34. The van der Waals surface area contributed by atoms with E-state index in [1.807, 2.05) is 0 Å². The van der Waals surface area contributed by atoms with Gasteiger partial charge in [0, 0.05) is 28.4 Å². The monoisotopic (exact) mass is 868 g/mol. The van der Waals surface area contributed by atoms with Crippen LogP contribution >= 0.6 is 0 Å². The Balaban J connectivity index is 1.14. The summed E-state index contributed by atoms with van der Waals surface area (Å²) in [4.78, 5) is 4.99. The lowest BCUT2D eigenvalue weighted by atomic mass is 9.84. The van der Waals surface area contributed by atoms with Crippen molar-refractivity contribution in [1.29, 1.82) is 0 Å². The van der Waals surface area contributed by atoms with Gasteiger partial charge in [-0.3, -0.25) is 0 Å². The van der Waals surface area contributed by atoms with Crippen molar-refractivity contribution in [1.82, 2.24) is 0 Å². The van der Waals surface area contributed by atoms with Crippen LogP contribution in [0.25, 0.3) is 86.9 Å². The molecular weight excluding hydrogens is 821 g/mol. The first-order valence-electron chi connectivity index (χ1n) is 24.0. The molecule has 0 saturated heterocycles. The number of fused-ring (bicyclic) bond motifs is 8. The number of hydrogen-bond acceptors (Lipinski definition) is 2. The summed E-state index contributed by atoms with van der Waals surface area (Å²) in [5, 5.41) is 15.0. The van der Waals surface area contributed by atoms with E-state index in [0.29, 0.717) is 0 Å². The van der Waals surface area contributed by atoms with Crippen molar-refractivity contribution in [2.75, 3.05) is 9.80 Å². The zero-order chi connectivity index (χ0) is 45.0. The Labute approximate surface area is 397 Å². The first kappa shape index (κ1) is 39.9. The molecule has 11 aromatic rings. The maximum atomic E-state index is 2.60. The average molecular weight is 869 g/mol. The SMILES string of the molecule is C1=CCCC(N(c2ccc3c(-c4ccc5c(ccc6ccccc65)c4)c4cc(N(c5ccccc5)c5ccccc5)ccc4c(-c4ccc5c(ccc6ccccc65)c4)c3c2)C2C=CC=CC2)=C1. The molecule has 0 N–H and O–H groups in total. The normalized spacial score (nSPS) is 14.6. The fraction of sp³-hybridized carbons (Fsp3) is 0.0606. The topological polar surface area (TPSA) is 6.48 Å². The van der Waals surface area contributed by atoms with Crippen molar-refractivity contribution in [3.63, 3.8) is 0 Å². The van der Waals surface area contributed by atoms with Crippen LogP contribution in [0.15, 0.2) is 254 Å². The molecule has 1 atom stereocenters. The molecule has 2 aliphatic rings. The quantitative estimate of drug-likeness (QED) is 0.111. The molecule has 2 aliphatic carbocycles. The number of benzene rings is 11. The molecule has 0 bridgehead atoms. The van der Waals surface area contributed by atoms with Crippen LogP contribution in [0.1, 0.15) is 19.3 Å². The molecule has 0 radical (unpaired) electrons. The van der Waals surface area contributed by atoms with Crippen molar-refractivity contribution in [3.05, 3.63) is 254 Å². The molecule has 0 heterocycles. The van der Waals surface area contributed by atoms with E-state index in [0.717, 1.165) is 36.3 Å². The minimum absolute atomic E-state index is 0.215. The largest absolute Gasteiger partial charge is 0.338 e. The van der Waals surface area contributed by atoms with Gasteiger partial charge in [0.1, 0.15) is 0 Å². The van der Waals surface area contributed by atoms with Crippen LogP contribution in [-0.2, 0) is 0 Å². The fourth-order valence-corrected chi connectivity index (χ4v) is 11.2.